The molecule has 0 atom stereocenters. The van der Waals surface area contributed by atoms with Crippen molar-refractivity contribution in [3.05, 3.63) is 0 Å². The molecule has 62 valence electrons. The molecule has 0 saturated heterocycles. The van der Waals surface area contributed by atoms with E-state index >= 15 is 0 Å². The van der Waals surface area contributed by atoms with Gasteiger partial charge in [0.15, 0.2) is 0 Å². The van der Waals surface area contributed by atoms with E-state index in [4.69, 9.17) is 0 Å². The van der Waals surface area contributed by atoms with Crippen LogP contribution >= 0.6 is 0 Å². The largest absolute Gasteiger partial charge is 3.00 e. The average Bonchev–Trinajstić information content (AvgIpc) is 0. The summed E-state index contributed by atoms with van der Waals surface area (Å²) in [6, 6.07) is 0. The molecule has 0 bridgehead atoms. The van der Waals surface area contributed by atoms with Crippen molar-refractivity contribution in [1.29, 1.82) is 0 Å². The van der Waals surface area contributed by atoms with E-state index in [-0.39, 0.29) is 95.8 Å². The molecular weight excluding hydrogens is 219 g/mol. The van der Waals surface area contributed by atoms with Gasteiger partial charge in [0.05, 0.1) is 0 Å². The molecule has 0 aromatic heterocycles. The van der Waals surface area contributed by atoms with Crippen molar-refractivity contribution in [2.45, 2.75) is 0 Å². The Morgan fingerprint density at radius 2 is 0.400 bits per heavy atom. The monoisotopic (exact) mass is 226 g/mol. The van der Waals surface area contributed by atoms with Gasteiger partial charge in [-0.1, -0.05) is 0 Å². The molecule has 0 heterocycles. The molecule has 0 aliphatic heterocycles. The van der Waals surface area contributed by atoms with Crippen molar-refractivity contribution < 1.29 is 55.4 Å². The third-order valence-corrected chi connectivity index (χ3v) is 0. The maximum atomic E-state index is 0. The summed E-state index contributed by atoms with van der Waals surface area (Å²) in [5.41, 5.74) is 0. The van der Waals surface area contributed by atoms with Crippen LogP contribution in [0.2, 0.25) is 0 Å². The molecule has 0 radical (unpaired) electrons. The molecule has 10 heavy (non-hydrogen) atoms. The van der Waals surface area contributed by atoms with E-state index in [1.165, 1.54) is 0 Å². The summed E-state index contributed by atoms with van der Waals surface area (Å²) in [5, 5.41) is 0. The first-order chi connectivity index (χ1) is 0. The van der Waals surface area contributed by atoms with E-state index in [2.05, 4.69) is 0 Å². The Hall–Kier alpha value is 1.54. The zero-order chi connectivity index (χ0) is 0. The summed E-state index contributed by atoms with van der Waals surface area (Å²) >= 11 is 0. The Morgan fingerprint density at radius 3 is 0.400 bits per heavy atom. The maximum absolute atomic E-state index is 0. The SMILES string of the molecule is [Al+3].[Fe+2].[Mg+2].[OH-].[OH-].[OH-].[OH-].[OH-].[OH-].[OH-]. The van der Waals surface area contributed by atoms with Crippen LogP contribution in [0.4, 0.5) is 0 Å². The topological polar surface area (TPSA) is 210 Å². The number of rotatable bonds is 0. The summed E-state index contributed by atoms with van der Waals surface area (Å²) in [6.07, 6.45) is 0. The number of hydrogen-bond donors (Lipinski definition) is 0. The van der Waals surface area contributed by atoms with Gasteiger partial charge in [0.25, 0.3) is 0 Å². The van der Waals surface area contributed by atoms with Crippen molar-refractivity contribution in [3.8, 4) is 0 Å². The average molecular weight is 226 g/mol. The summed E-state index contributed by atoms with van der Waals surface area (Å²) in [5.74, 6) is 0. The third-order valence-electron chi connectivity index (χ3n) is 0. The fourth-order valence-corrected chi connectivity index (χ4v) is 0. The Labute approximate surface area is 95.5 Å². The number of hydrogen-bond acceptors (Lipinski definition) is 7. The van der Waals surface area contributed by atoms with Crippen LogP contribution in [0.1, 0.15) is 0 Å². The summed E-state index contributed by atoms with van der Waals surface area (Å²) in [4.78, 5) is 0. The summed E-state index contributed by atoms with van der Waals surface area (Å²) in [7, 11) is 0. The summed E-state index contributed by atoms with van der Waals surface area (Å²) < 4.78 is 0. The molecular formula is H7AlFeMgO7. The van der Waals surface area contributed by atoms with Gasteiger partial charge in [-0.05, 0) is 0 Å². The van der Waals surface area contributed by atoms with Crippen LogP contribution in [-0.4, -0.2) is 78.7 Å². The van der Waals surface area contributed by atoms with Gasteiger partial charge in [0.2, 0.25) is 0 Å². The van der Waals surface area contributed by atoms with E-state index in [1.807, 2.05) is 0 Å². The van der Waals surface area contributed by atoms with Gasteiger partial charge in [-0.3, -0.25) is 0 Å². The second-order valence-corrected chi connectivity index (χ2v) is 0. The van der Waals surface area contributed by atoms with Crippen LogP contribution < -0.4 is 0 Å². The minimum Gasteiger partial charge on any atom is -0.870 e. The molecule has 10 heteroatoms. The van der Waals surface area contributed by atoms with Gasteiger partial charge in [-0.25, -0.2) is 0 Å². The van der Waals surface area contributed by atoms with E-state index in [9.17, 15) is 0 Å². The third kappa shape index (κ3) is 294. The normalized spacial score (nSPS) is 0. The minimum atomic E-state index is 0. The zero-order valence-electron chi connectivity index (χ0n) is 4.77. The van der Waals surface area contributed by atoms with Gasteiger partial charge in [-0.15, -0.1) is 0 Å². The van der Waals surface area contributed by atoms with E-state index < -0.39 is 0 Å². The molecule has 0 fully saturated rings. The van der Waals surface area contributed by atoms with Gasteiger partial charge >= 0.3 is 57.5 Å². The molecule has 0 amide bonds. The molecule has 0 aliphatic rings. The van der Waals surface area contributed by atoms with Crippen LogP contribution in [-0.2, 0) is 17.1 Å². The second-order valence-electron chi connectivity index (χ2n) is 0. The molecule has 0 aliphatic carbocycles. The molecule has 0 saturated carbocycles. The molecule has 0 aromatic rings. The Bertz CT molecular complexity index is 13.6. The van der Waals surface area contributed by atoms with E-state index in [1.54, 1.807) is 0 Å². The molecule has 0 aromatic carbocycles. The van der Waals surface area contributed by atoms with Crippen molar-refractivity contribution >= 4 is 40.4 Å². The van der Waals surface area contributed by atoms with E-state index in [0.717, 1.165) is 0 Å². The predicted molar refractivity (Wildman–Crippen MR) is 25.1 cm³/mol. The van der Waals surface area contributed by atoms with Crippen molar-refractivity contribution in [2.24, 2.45) is 0 Å². The maximum Gasteiger partial charge on any atom is 3.00 e. The van der Waals surface area contributed by atoms with Gasteiger partial charge in [0.1, 0.15) is 0 Å². The minimum absolute atomic E-state index is 0. The van der Waals surface area contributed by atoms with Crippen LogP contribution in [0.3, 0.4) is 0 Å². The Morgan fingerprint density at radius 1 is 0.400 bits per heavy atom. The van der Waals surface area contributed by atoms with Crippen molar-refractivity contribution in [1.82, 2.24) is 0 Å². The molecule has 7 nitrogen and oxygen atoms in total. The van der Waals surface area contributed by atoms with Crippen LogP contribution in [0.5, 0.6) is 0 Å². The van der Waals surface area contributed by atoms with E-state index in [0.29, 0.717) is 0 Å². The smallest absolute Gasteiger partial charge is 0.870 e. The van der Waals surface area contributed by atoms with Gasteiger partial charge in [-0.2, -0.15) is 0 Å². The standard InChI is InChI=1S/Al.Fe.Mg.7H2O/h;;;7*1H2/q+3;2*+2;;;;;;;/p-7. The fraction of sp³-hybridized carbons (Fsp3) is 0. The first-order valence-electron chi connectivity index (χ1n) is 0. The summed E-state index contributed by atoms with van der Waals surface area (Å²) in [6.45, 7) is 0. The van der Waals surface area contributed by atoms with Gasteiger partial charge in [0, 0.05) is 0 Å². The quantitative estimate of drug-likeness (QED) is 0.423. The molecule has 0 spiro atoms. The van der Waals surface area contributed by atoms with Crippen molar-refractivity contribution in [3.63, 3.8) is 0 Å². The predicted octanol–water partition coefficient (Wildman–Crippen LogP) is -2.00. The first kappa shape index (κ1) is 542. The Kier molecular flexibility index (Phi) is 21900. The molecule has 7 N–H and O–H groups in total. The first-order valence-corrected chi connectivity index (χ1v) is 0. The van der Waals surface area contributed by atoms with Crippen LogP contribution in [0, 0.1) is 0 Å². The molecule has 0 unspecified atom stereocenters. The zero-order valence-corrected chi connectivity index (χ0v) is 8.44. The fourth-order valence-electron chi connectivity index (χ4n) is 0. The van der Waals surface area contributed by atoms with Gasteiger partial charge < -0.3 is 38.3 Å². The second kappa shape index (κ2) is 405. The van der Waals surface area contributed by atoms with Crippen molar-refractivity contribution in [2.75, 3.05) is 0 Å². The van der Waals surface area contributed by atoms with Crippen LogP contribution in [0.15, 0.2) is 0 Å². The molecule has 0 rings (SSSR count). The van der Waals surface area contributed by atoms with Crippen LogP contribution in [0.25, 0.3) is 0 Å². The Balaban J connectivity index is 0.